The maximum Gasteiger partial charge on any atom is 3.00 e. The predicted molar refractivity (Wildman–Crippen MR) is 285 cm³/mol. The number of aliphatic hydroxyl groups is 2. The van der Waals surface area contributed by atoms with Crippen molar-refractivity contribution in [2.24, 2.45) is 21.7 Å². The number of carboxylic acids is 4. The third-order valence-electron chi connectivity index (χ3n) is 12.3. The van der Waals surface area contributed by atoms with E-state index in [-0.39, 0.29) is 121 Å². The molecule has 80 heavy (non-hydrogen) atoms. The minimum atomic E-state index is -0.972. The van der Waals surface area contributed by atoms with Crippen molar-refractivity contribution in [2.75, 3.05) is 131 Å². The average Bonchev–Trinajstić information content (AvgIpc) is 3.37. The third kappa shape index (κ3) is 79.5. The van der Waals surface area contributed by atoms with Crippen molar-refractivity contribution in [3.05, 3.63) is 0 Å². The monoisotopic (exact) mass is 1320 g/mol. The van der Waals surface area contributed by atoms with Crippen LogP contribution in [0.15, 0.2) is 0 Å². The molecule has 0 aliphatic rings. The molecule has 1 radical (unpaired) electrons. The van der Waals surface area contributed by atoms with Gasteiger partial charge in [0.2, 0.25) is 0 Å². The Labute approximate surface area is 529 Å². The molecule has 20 nitrogen and oxygen atoms in total. The molecule has 0 aromatic heterocycles. The Kier molecular flexibility index (Phi) is 100. The minimum absolute atomic E-state index is 0. The Hall–Kier alpha value is -0.522. The van der Waals surface area contributed by atoms with E-state index in [2.05, 4.69) is 27.7 Å². The molecule has 0 heterocycles. The second-order valence-electron chi connectivity index (χ2n) is 20.6. The average molecular weight is 1320 g/mol. The van der Waals surface area contributed by atoms with Crippen LogP contribution in [0.5, 0.6) is 0 Å². The fraction of sp³-hybridized carbons (Fsp3) is 0.929. The molecule has 0 atom stereocenters. The maximum atomic E-state index is 10.3. The van der Waals surface area contributed by atoms with Crippen LogP contribution in [0, 0.1) is 21.7 Å². The van der Waals surface area contributed by atoms with Gasteiger partial charge in [-0.25, -0.2) is 0 Å². The summed E-state index contributed by atoms with van der Waals surface area (Å²) in [6, 6.07) is 0. The number of hydrogen-bond donors (Lipinski definition) is 2. The first kappa shape index (κ1) is 108. The first-order chi connectivity index (χ1) is 35.4. The molecule has 0 aliphatic heterocycles. The maximum absolute atomic E-state index is 10.3. The Morgan fingerprint density at radius 3 is 0.525 bits per heavy atom. The van der Waals surface area contributed by atoms with E-state index < -0.39 is 45.5 Å². The van der Waals surface area contributed by atoms with Gasteiger partial charge in [0.15, 0.2) is 0 Å². The third-order valence-corrected chi connectivity index (χ3v) is 12.3. The van der Waals surface area contributed by atoms with E-state index in [1.165, 1.54) is 0 Å². The van der Waals surface area contributed by atoms with E-state index in [1.54, 1.807) is 55.4 Å². The minimum Gasteiger partial charge on any atom is -0.854 e. The Bertz CT molecular complexity index is 1060. The van der Waals surface area contributed by atoms with Crippen LogP contribution in [0.2, 0.25) is 0 Å². The molecule has 0 saturated carbocycles. The number of hydrogen-bond acceptors (Lipinski definition) is 20. The van der Waals surface area contributed by atoms with Gasteiger partial charge in [0.1, 0.15) is 0 Å². The van der Waals surface area contributed by atoms with Crippen LogP contribution < -0.4 is 51.1 Å². The molecule has 0 fully saturated rings. The van der Waals surface area contributed by atoms with E-state index in [1.807, 2.05) is 47.3 Å². The first-order valence-electron chi connectivity index (χ1n) is 27.9. The van der Waals surface area contributed by atoms with Gasteiger partial charge in [-0.05, 0) is 117 Å². The number of unbranched alkanes of at least 4 members (excludes halogenated alkanes) is 4. The van der Waals surface area contributed by atoms with Crippen LogP contribution in [-0.2, 0) is 87.5 Å². The molecular weight excluding hydrogens is 1200 g/mol. The summed E-state index contributed by atoms with van der Waals surface area (Å²) >= 11 is 0. The molecule has 0 spiro atoms. The summed E-state index contributed by atoms with van der Waals surface area (Å²) in [5.41, 5.74) is -2.61. The molecule has 0 amide bonds. The molecule has 481 valence electrons. The second kappa shape index (κ2) is 74.6. The van der Waals surface area contributed by atoms with Gasteiger partial charge in [0.05, 0.1) is 13.2 Å². The van der Waals surface area contributed by atoms with Gasteiger partial charge in [-0.15, -0.1) is 39.6 Å². The fourth-order valence-electron chi connectivity index (χ4n) is 4.50. The molecule has 0 rings (SSSR count). The molecule has 0 aliphatic carbocycles. The molecule has 0 aromatic carbocycles. The summed E-state index contributed by atoms with van der Waals surface area (Å²) in [5, 5.41) is 119. The van der Waals surface area contributed by atoms with E-state index >= 15 is 0 Å². The number of nitrogens with zero attached hydrogens (tertiary/aromatic N) is 4. The van der Waals surface area contributed by atoms with Gasteiger partial charge in [-0.3, -0.25) is 0 Å². The Morgan fingerprint density at radius 1 is 0.312 bits per heavy atom. The number of aliphatic carboxylic acids is 4. The summed E-state index contributed by atoms with van der Waals surface area (Å²) in [6.07, 6.45) is 11.4. The van der Waals surface area contributed by atoms with Crippen molar-refractivity contribution in [3.63, 3.8) is 0 Å². The summed E-state index contributed by atoms with van der Waals surface area (Å²) in [4.78, 5) is 48.5. The van der Waals surface area contributed by atoms with Crippen LogP contribution in [0.3, 0.4) is 0 Å². The van der Waals surface area contributed by atoms with Crippen molar-refractivity contribution in [2.45, 2.75) is 188 Å². The van der Waals surface area contributed by atoms with Crippen LogP contribution in [-0.4, -0.2) is 185 Å². The van der Waals surface area contributed by atoms with Crippen LogP contribution >= 0.6 is 0 Å². The van der Waals surface area contributed by atoms with Crippen molar-refractivity contribution in [3.8, 4) is 0 Å². The normalized spacial score (nSPS) is 10.6. The number of carbonyl (C=O) groups excluding carboxylic acids is 4. The van der Waals surface area contributed by atoms with Gasteiger partial charge in [0, 0.05) is 58.6 Å². The van der Waals surface area contributed by atoms with E-state index in [4.69, 9.17) is 10.2 Å². The van der Waals surface area contributed by atoms with Crippen molar-refractivity contribution < 1.29 is 149 Å². The number of aliphatic hydroxyl groups excluding tert-OH is 2. The van der Waals surface area contributed by atoms with Crippen molar-refractivity contribution >= 4 is 23.9 Å². The largest absolute Gasteiger partial charge is 3.00 e. The van der Waals surface area contributed by atoms with E-state index in [0.717, 1.165) is 77.5 Å². The Balaban J connectivity index is -0.0000000659. The number of carbonyl (C=O) groups is 4. The summed E-state index contributed by atoms with van der Waals surface area (Å²) in [7, 11) is 0. The van der Waals surface area contributed by atoms with Crippen LogP contribution in [0.25, 0.3) is 0 Å². The molecular formula is C56H114Mn4N4O16+. The van der Waals surface area contributed by atoms with Gasteiger partial charge >= 0.3 is 68.3 Å². The molecule has 24 heteroatoms. The summed E-state index contributed by atoms with van der Waals surface area (Å²) in [5.74, 6) is -3.89. The van der Waals surface area contributed by atoms with Gasteiger partial charge in [-0.1, -0.05) is 136 Å². The smallest absolute Gasteiger partial charge is 0.854 e. The topological polar surface area (TPSA) is 352 Å². The molecule has 0 saturated heterocycles. The number of carboxylic acid groups (broad SMARTS) is 4. The van der Waals surface area contributed by atoms with Crippen molar-refractivity contribution in [1.29, 1.82) is 0 Å². The van der Waals surface area contributed by atoms with Crippen LogP contribution in [0.4, 0.5) is 0 Å². The predicted octanol–water partition coefficient (Wildman–Crippen LogP) is -2.82. The molecule has 0 bridgehead atoms. The standard InChI is InChI=1S/2C8H18NO2.2C8H17NO2.4C6H12O2.4Mn/c4*1-2-3-4-9(5-7-10)6-8-11;4*1-4-6(2,3)5(7)8;;;;/h2*10H,2-8H2,1H3;2*2-8H2,1H3;4*4H2,1-3H3,(H,7,8);;;;/q2*-1;2*-2;;;;;+2;3*+3/p-4. The van der Waals surface area contributed by atoms with Crippen molar-refractivity contribution in [1.82, 2.24) is 19.6 Å². The summed E-state index contributed by atoms with van der Waals surface area (Å²) < 4.78 is 0. The molecule has 2 N–H and O–H groups in total. The zero-order valence-electron chi connectivity index (χ0n) is 52.5. The first-order valence-corrected chi connectivity index (χ1v) is 27.9. The summed E-state index contributed by atoms with van der Waals surface area (Å²) in [6.45, 7) is 37.0. The van der Waals surface area contributed by atoms with Gasteiger partial charge in [-0.2, -0.15) is 0 Å². The zero-order chi connectivity index (χ0) is 61.2. The van der Waals surface area contributed by atoms with Crippen LogP contribution in [0.1, 0.15) is 188 Å². The molecule has 0 unspecified atom stereocenters. The second-order valence-corrected chi connectivity index (χ2v) is 20.6. The zero-order valence-corrected chi connectivity index (χ0v) is 57.3. The Morgan fingerprint density at radius 2 is 0.450 bits per heavy atom. The SMILES string of the molecule is CCC(C)(C)C(=O)[O-].CCC(C)(C)C(=O)[O-].CCC(C)(C)C(=O)[O-].CCC(C)(C)C(=O)[O-].CCCCN(CC[O-])CCO.CCCCN(CC[O-])CCO.CCCCN(CC[O-])CC[O-].CCCCN(CC[O-])CC[O-].[Mn+2].[Mn+3].[Mn+3].[Mn+3]. The quantitative estimate of drug-likeness (QED) is 0.0598. The van der Waals surface area contributed by atoms with E-state index in [0.29, 0.717) is 78.0 Å². The van der Waals surface area contributed by atoms with Gasteiger partial charge < -0.3 is 100 Å². The van der Waals surface area contributed by atoms with Gasteiger partial charge in [0.25, 0.3) is 0 Å². The fourth-order valence-corrected chi connectivity index (χ4v) is 4.50. The van der Waals surface area contributed by atoms with E-state index in [9.17, 15) is 70.2 Å². The number of rotatable bonds is 36. The molecule has 0 aromatic rings.